The Balaban J connectivity index is 2.74. The lowest BCUT2D eigenvalue weighted by Crippen LogP contribution is -2.13. The van der Waals surface area contributed by atoms with E-state index in [1.54, 1.807) is 7.11 Å². The van der Waals surface area contributed by atoms with Crippen LogP contribution in [0.1, 0.15) is 12.5 Å². The average molecular weight is 179 g/mol. The summed E-state index contributed by atoms with van der Waals surface area (Å²) in [6.07, 6.45) is 0.987. The third kappa shape index (κ3) is 2.74. The number of para-hydroxylation sites is 1. The Morgan fingerprint density at radius 1 is 1.38 bits per heavy atom. The van der Waals surface area contributed by atoms with Crippen LogP contribution in [0.5, 0.6) is 5.75 Å². The monoisotopic (exact) mass is 179 g/mol. The van der Waals surface area contributed by atoms with E-state index >= 15 is 0 Å². The van der Waals surface area contributed by atoms with Gasteiger partial charge < -0.3 is 10.5 Å². The Bertz CT molecular complexity index is 260. The third-order valence-corrected chi connectivity index (χ3v) is 2.16. The number of hydrogen-bond acceptors (Lipinski definition) is 2. The molecule has 0 fully saturated rings. The van der Waals surface area contributed by atoms with Crippen LogP contribution in [0.4, 0.5) is 0 Å². The van der Waals surface area contributed by atoms with Crippen molar-refractivity contribution in [1.82, 2.24) is 0 Å². The zero-order chi connectivity index (χ0) is 9.68. The number of nitrogens with two attached hydrogens (primary N) is 1. The van der Waals surface area contributed by atoms with Crippen molar-refractivity contribution in [2.24, 2.45) is 11.7 Å². The second-order valence-corrected chi connectivity index (χ2v) is 3.36. The fourth-order valence-corrected chi connectivity index (χ4v) is 1.33. The van der Waals surface area contributed by atoms with Crippen molar-refractivity contribution in [3.05, 3.63) is 29.8 Å². The quantitative estimate of drug-likeness (QED) is 0.765. The molecule has 72 valence electrons. The van der Waals surface area contributed by atoms with E-state index in [0.717, 1.165) is 18.7 Å². The molecule has 0 bridgehead atoms. The summed E-state index contributed by atoms with van der Waals surface area (Å²) in [6, 6.07) is 8.08. The average Bonchev–Trinajstić information content (AvgIpc) is 2.18. The van der Waals surface area contributed by atoms with E-state index in [0.29, 0.717) is 5.92 Å². The molecule has 0 unspecified atom stereocenters. The number of ether oxygens (including phenoxy) is 1. The summed E-state index contributed by atoms with van der Waals surface area (Å²) in [5.41, 5.74) is 6.81. The number of rotatable bonds is 4. The standard InChI is InChI=1S/C11H17NO/c1-9(8-12)7-10-5-3-4-6-11(10)13-2/h3-6,9H,7-8,12H2,1-2H3/t9-/m0/s1. The predicted molar refractivity (Wildman–Crippen MR) is 54.9 cm³/mol. The molecule has 1 rings (SSSR count). The van der Waals surface area contributed by atoms with E-state index in [1.807, 2.05) is 18.2 Å². The molecule has 0 spiro atoms. The van der Waals surface area contributed by atoms with Gasteiger partial charge in [-0.2, -0.15) is 0 Å². The molecule has 0 radical (unpaired) electrons. The van der Waals surface area contributed by atoms with Crippen LogP contribution in [0.3, 0.4) is 0 Å². The van der Waals surface area contributed by atoms with Gasteiger partial charge >= 0.3 is 0 Å². The van der Waals surface area contributed by atoms with E-state index in [-0.39, 0.29) is 0 Å². The second-order valence-electron chi connectivity index (χ2n) is 3.36. The molecule has 0 aromatic heterocycles. The summed E-state index contributed by atoms with van der Waals surface area (Å²) in [4.78, 5) is 0. The van der Waals surface area contributed by atoms with Crippen molar-refractivity contribution in [3.8, 4) is 5.75 Å². The Morgan fingerprint density at radius 2 is 2.08 bits per heavy atom. The topological polar surface area (TPSA) is 35.2 Å². The molecule has 13 heavy (non-hydrogen) atoms. The molecule has 0 saturated carbocycles. The Labute approximate surface area is 79.7 Å². The largest absolute Gasteiger partial charge is 0.496 e. The van der Waals surface area contributed by atoms with Gasteiger partial charge in [0.1, 0.15) is 5.75 Å². The molecule has 2 N–H and O–H groups in total. The first kappa shape index (κ1) is 10.1. The van der Waals surface area contributed by atoms with Crippen LogP contribution in [0, 0.1) is 5.92 Å². The van der Waals surface area contributed by atoms with E-state index in [9.17, 15) is 0 Å². The molecular formula is C11H17NO. The van der Waals surface area contributed by atoms with Gasteiger partial charge in [-0.05, 0) is 30.5 Å². The molecule has 0 aliphatic carbocycles. The van der Waals surface area contributed by atoms with E-state index in [4.69, 9.17) is 10.5 Å². The van der Waals surface area contributed by atoms with E-state index in [2.05, 4.69) is 13.0 Å². The minimum absolute atomic E-state index is 0.510. The maximum absolute atomic E-state index is 5.57. The minimum Gasteiger partial charge on any atom is -0.496 e. The summed E-state index contributed by atoms with van der Waals surface area (Å²) in [7, 11) is 1.70. The zero-order valence-electron chi connectivity index (χ0n) is 8.29. The molecule has 1 aromatic carbocycles. The van der Waals surface area contributed by atoms with Gasteiger partial charge in [-0.3, -0.25) is 0 Å². The third-order valence-electron chi connectivity index (χ3n) is 2.16. The van der Waals surface area contributed by atoms with Gasteiger partial charge in [0.2, 0.25) is 0 Å². The van der Waals surface area contributed by atoms with Crippen molar-refractivity contribution in [1.29, 1.82) is 0 Å². The van der Waals surface area contributed by atoms with Crippen molar-refractivity contribution >= 4 is 0 Å². The number of benzene rings is 1. The van der Waals surface area contributed by atoms with Crippen LogP contribution in [-0.2, 0) is 6.42 Å². The van der Waals surface area contributed by atoms with Crippen molar-refractivity contribution < 1.29 is 4.74 Å². The summed E-state index contributed by atoms with van der Waals surface area (Å²) in [5, 5.41) is 0. The molecule has 0 saturated heterocycles. The fourth-order valence-electron chi connectivity index (χ4n) is 1.33. The molecule has 1 atom stereocenters. The van der Waals surface area contributed by atoms with Crippen LogP contribution in [0.2, 0.25) is 0 Å². The highest BCUT2D eigenvalue weighted by Crippen LogP contribution is 2.20. The maximum Gasteiger partial charge on any atom is 0.122 e. The minimum atomic E-state index is 0.510. The summed E-state index contributed by atoms with van der Waals surface area (Å²) < 4.78 is 5.25. The highest BCUT2D eigenvalue weighted by Gasteiger charge is 2.05. The molecule has 1 aromatic rings. The highest BCUT2D eigenvalue weighted by atomic mass is 16.5. The Kier molecular flexibility index (Phi) is 3.77. The summed E-state index contributed by atoms with van der Waals surface area (Å²) in [6.45, 7) is 2.87. The first-order valence-corrected chi connectivity index (χ1v) is 4.60. The number of methoxy groups -OCH3 is 1. The summed E-state index contributed by atoms with van der Waals surface area (Å²) >= 11 is 0. The van der Waals surface area contributed by atoms with Gasteiger partial charge in [0, 0.05) is 0 Å². The first-order chi connectivity index (χ1) is 6.27. The first-order valence-electron chi connectivity index (χ1n) is 4.60. The van der Waals surface area contributed by atoms with Gasteiger partial charge in [-0.1, -0.05) is 25.1 Å². The van der Waals surface area contributed by atoms with Gasteiger partial charge in [0.05, 0.1) is 7.11 Å². The van der Waals surface area contributed by atoms with Gasteiger partial charge in [-0.25, -0.2) is 0 Å². The zero-order valence-corrected chi connectivity index (χ0v) is 8.29. The lowest BCUT2D eigenvalue weighted by atomic mass is 10.0. The van der Waals surface area contributed by atoms with Gasteiger partial charge in [0.15, 0.2) is 0 Å². The fraction of sp³-hybridized carbons (Fsp3) is 0.455. The van der Waals surface area contributed by atoms with Crippen molar-refractivity contribution in [2.75, 3.05) is 13.7 Å². The van der Waals surface area contributed by atoms with Crippen molar-refractivity contribution in [3.63, 3.8) is 0 Å². The molecule has 0 amide bonds. The highest BCUT2D eigenvalue weighted by molar-refractivity contribution is 5.33. The van der Waals surface area contributed by atoms with Crippen LogP contribution in [-0.4, -0.2) is 13.7 Å². The Hall–Kier alpha value is -1.02. The Morgan fingerprint density at radius 3 is 2.69 bits per heavy atom. The summed E-state index contributed by atoms with van der Waals surface area (Å²) in [5.74, 6) is 1.47. The van der Waals surface area contributed by atoms with Crippen LogP contribution >= 0.6 is 0 Å². The molecule has 2 nitrogen and oxygen atoms in total. The lowest BCUT2D eigenvalue weighted by molar-refractivity contribution is 0.406. The molecule has 0 aliphatic heterocycles. The molecular weight excluding hydrogens is 162 g/mol. The van der Waals surface area contributed by atoms with Crippen LogP contribution in [0.15, 0.2) is 24.3 Å². The SMILES string of the molecule is COc1ccccc1C[C@H](C)CN. The van der Waals surface area contributed by atoms with Gasteiger partial charge in [-0.15, -0.1) is 0 Å². The molecule has 0 aliphatic rings. The molecule has 0 heterocycles. The van der Waals surface area contributed by atoms with Crippen molar-refractivity contribution in [2.45, 2.75) is 13.3 Å². The van der Waals surface area contributed by atoms with Gasteiger partial charge in [0.25, 0.3) is 0 Å². The van der Waals surface area contributed by atoms with Crippen LogP contribution < -0.4 is 10.5 Å². The van der Waals surface area contributed by atoms with Crippen LogP contribution in [0.25, 0.3) is 0 Å². The van der Waals surface area contributed by atoms with E-state index in [1.165, 1.54) is 5.56 Å². The normalized spacial score (nSPS) is 12.5. The lowest BCUT2D eigenvalue weighted by Gasteiger charge is -2.11. The maximum atomic E-state index is 5.57. The number of hydrogen-bond donors (Lipinski definition) is 1. The molecule has 2 heteroatoms. The smallest absolute Gasteiger partial charge is 0.122 e. The second kappa shape index (κ2) is 4.87. The predicted octanol–water partition coefficient (Wildman–Crippen LogP) is 1.83. The van der Waals surface area contributed by atoms with E-state index < -0.39 is 0 Å².